The highest BCUT2D eigenvalue weighted by Gasteiger charge is 2.28. The molecule has 0 radical (unpaired) electrons. The fourth-order valence-corrected chi connectivity index (χ4v) is 2.77. The summed E-state index contributed by atoms with van der Waals surface area (Å²) in [5, 5.41) is 6.59. The van der Waals surface area contributed by atoms with Crippen LogP contribution in [0.25, 0.3) is 0 Å². The van der Waals surface area contributed by atoms with Gasteiger partial charge < -0.3 is 10.2 Å². The number of anilines is 1. The van der Waals surface area contributed by atoms with Crippen LogP contribution in [0.5, 0.6) is 0 Å². The minimum atomic E-state index is 0.580. The lowest BCUT2D eigenvalue weighted by Crippen LogP contribution is -2.39. The summed E-state index contributed by atoms with van der Waals surface area (Å²) >= 11 is 1.68. The van der Waals surface area contributed by atoms with Gasteiger partial charge in [-0.25, -0.2) is 4.98 Å². The van der Waals surface area contributed by atoms with Gasteiger partial charge in [0.15, 0.2) is 5.13 Å². The van der Waals surface area contributed by atoms with Crippen molar-refractivity contribution >= 4 is 16.5 Å². The Hall–Kier alpha value is -0.610. The van der Waals surface area contributed by atoms with Gasteiger partial charge in [0, 0.05) is 23.7 Å². The number of hydrogen-bond acceptors (Lipinski definition) is 4. The Morgan fingerprint density at radius 3 is 3.00 bits per heavy atom. The number of aromatic nitrogens is 1. The van der Waals surface area contributed by atoms with Crippen LogP contribution >= 0.6 is 11.3 Å². The lowest BCUT2D eigenvalue weighted by Gasteiger charge is -2.26. The molecule has 1 aliphatic carbocycles. The van der Waals surface area contributed by atoms with E-state index in [0.717, 1.165) is 5.13 Å². The zero-order chi connectivity index (χ0) is 9.97. The summed E-state index contributed by atoms with van der Waals surface area (Å²) in [6.45, 7) is 0. The smallest absolute Gasteiger partial charge is 0.182 e. The predicted octanol–water partition coefficient (Wildman–Crippen LogP) is 2.04. The van der Waals surface area contributed by atoms with Crippen LogP contribution in [0.3, 0.4) is 0 Å². The summed E-state index contributed by atoms with van der Waals surface area (Å²) in [7, 11) is 4.32. The molecule has 0 aliphatic heterocycles. The van der Waals surface area contributed by atoms with Crippen LogP contribution < -0.4 is 5.32 Å². The Bertz CT molecular complexity index is 271. The molecule has 0 bridgehead atoms. The molecule has 1 aromatic rings. The molecule has 2 rings (SSSR count). The van der Waals surface area contributed by atoms with Crippen molar-refractivity contribution in [3.8, 4) is 0 Å². The molecular formula is C10H17N3S. The Morgan fingerprint density at radius 2 is 2.36 bits per heavy atom. The zero-order valence-electron chi connectivity index (χ0n) is 8.73. The van der Waals surface area contributed by atoms with Crippen molar-refractivity contribution in [2.75, 3.05) is 19.4 Å². The first kappa shape index (κ1) is 9.93. The highest BCUT2D eigenvalue weighted by Crippen LogP contribution is 2.26. The van der Waals surface area contributed by atoms with Gasteiger partial charge in [-0.05, 0) is 33.4 Å². The molecule has 2 atom stereocenters. The van der Waals surface area contributed by atoms with Gasteiger partial charge in [-0.1, -0.05) is 0 Å². The summed E-state index contributed by atoms with van der Waals surface area (Å²) in [6, 6.07) is 1.25. The molecule has 0 aromatic carbocycles. The van der Waals surface area contributed by atoms with Crippen LogP contribution in [-0.4, -0.2) is 36.1 Å². The van der Waals surface area contributed by atoms with Crippen molar-refractivity contribution in [2.45, 2.75) is 31.3 Å². The highest BCUT2D eigenvalue weighted by molar-refractivity contribution is 7.13. The van der Waals surface area contributed by atoms with Crippen LogP contribution in [0.4, 0.5) is 5.13 Å². The van der Waals surface area contributed by atoms with Crippen molar-refractivity contribution in [3.05, 3.63) is 11.6 Å². The second-order valence-electron chi connectivity index (χ2n) is 4.05. The van der Waals surface area contributed by atoms with Gasteiger partial charge in [0.1, 0.15) is 0 Å². The first-order valence-corrected chi connectivity index (χ1v) is 5.98. The van der Waals surface area contributed by atoms with Gasteiger partial charge >= 0.3 is 0 Å². The third-order valence-electron chi connectivity index (χ3n) is 2.88. The van der Waals surface area contributed by atoms with E-state index in [1.54, 1.807) is 11.3 Å². The molecule has 0 spiro atoms. The molecular weight excluding hydrogens is 194 g/mol. The lowest BCUT2D eigenvalue weighted by molar-refractivity contribution is 0.285. The number of nitrogens with zero attached hydrogens (tertiary/aromatic N) is 2. The average Bonchev–Trinajstić information content (AvgIpc) is 2.75. The Morgan fingerprint density at radius 1 is 1.50 bits per heavy atom. The van der Waals surface area contributed by atoms with Gasteiger partial charge in [0.25, 0.3) is 0 Å². The summed E-state index contributed by atoms with van der Waals surface area (Å²) in [6.07, 6.45) is 5.75. The molecule has 1 aliphatic rings. The molecule has 1 heterocycles. The number of rotatable bonds is 3. The second kappa shape index (κ2) is 4.28. The third-order valence-corrected chi connectivity index (χ3v) is 3.59. The Labute approximate surface area is 89.1 Å². The van der Waals surface area contributed by atoms with E-state index in [1.807, 2.05) is 11.6 Å². The van der Waals surface area contributed by atoms with Crippen molar-refractivity contribution in [1.29, 1.82) is 0 Å². The van der Waals surface area contributed by atoms with E-state index >= 15 is 0 Å². The van der Waals surface area contributed by atoms with E-state index in [4.69, 9.17) is 0 Å². The summed E-state index contributed by atoms with van der Waals surface area (Å²) in [5.41, 5.74) is 0. The SMILES string of the molecule is CN(C)[C@@H]1CCC[C@H]1Nc1nccs1. The summed E-state index contributed by atoms with van der Waals surface area (Å²) in [4.78, 5) is 6.58. The van der Waals surface area contributed by atoms with Gasteiger partial charge in [-0.3, -0.25) is 0 Å². The van der Waals surface area contributed by atoms with Crippen LogP contribution in [0.2, 0.25) is 0 Å². The maximum absolute atomic E-state index is 4.26. The van der Waals surface area contributed by atoms with Crippen LogP contribution in [0, 0.1) is 0 Å². The Kier molecular flexibility index (Phi) is 3.03. The number of likely N-dealkylation sites (N-methyl/N-ethyl adjacent to an activating group) is 1. The number of hydrogen-bond donors (Lipinski definition) is 1. The van der Waals surface area contributed by atoms with Gasteiger partial charge in [-0.15, -0.1) is 11.3 Å². The van der Waals surface area contributed by atoms with Crippen LogP contribution in [0.1, 0.15) is 19.3 Å². The van der Waals surface area contributed by atoms with Crippen LogP contribution in [0.15, 0.2) is 11.6 Å². The van der Waals surface area contributed by atoms with E-state index in [1.165, 1.54) is 19.3 Å². The van der Waals surface area contributed by atoms with E-state index in [0.29, 0.717) is 12.1 Å². The van der Waals surface area contributed by atoms with Gasteiger partial charge in [-0.2, -0.15) is 0 Å². The molecule has 1 saturated carbocycles. The maximum atomic E-state index is 4.26. The molecule has 14 heavy (non-hydrogen) atoms. The first-order valence-electron chi connectivity index (χ1n) is 5.10. The maximum Gasteiger partial charge on any atom is 0.182 e. The minimum Gasteiger partial charge on any atom is -0.357 e. The Balaban J connectivity index is 1.97. The molecule has 1 aromatic heterocycles. The van der Waals surface area contributed by atoms with Gasteiger partial charge in [0.05, 0.1) is 0 Å². The molecule has 4 heteroatoms. The molecule has 1 fully saturated rings. The monoisotopic (exact) mass is 211 g/mol. The lowest BCUT2D eigenvalue weighted by atomic mass is 10.1. The highest BCUT2D eigenvalue weighted by atomic mass is 32.1. The van der Waals surface area contributed by atoms with Crippen molar-refractivity contribution in [1.82, 2.24) is 9.88 Å². The largest absolute Gasteiger partial charge is 0.357 e. The minimum absolute atomic E-state index is 0.580. The number of thiazole rings is 1. The average molecular weight is 211 g/mol. The van der Waals surface area contributed by atoms with E-state index < -0.39 is 0 Å². The first-order chi connectivity index (χ1) is 6.77. The topological polar surface area (TPSA) is 28.2 Å². The fraction of sp³-hybridized carbons (Fsp3) is 0.700. The van der Waals surface area contributed by atoms with E-state index in [2.05, 4.69) is 29.3 Å². The number of nitrogens with one attached hydrogen (secondary N) is 1. The molecule has 1 N–H and O–H groups in total. The standard InChI is InChI=1S/C10H17N3S/c1-13(2)9-5-3-4-8(9)12-10-11-6-7-14-10/h6-9H,3-5H2,1-2H3,(H,11,12)/t8-,9-/m1/s1. The molecule has 3 nitrogen and oxygen atoms in total. The van der Waals surface area contributed by atoms with Gasteiger partial charge in [0.2, 0.25) is 0 Å². The van der Waals surface area contributed by atoms with Crippen molar-refractivity contribution in [3.63, 3.8) is 0 Å². The third kappa shape index (κ3) is 2.07. The van der Waals surface area contributed by atoms with Crippen molar-refractivity contribution < 1.29 is 0 Å². The van der Waals surface area contributed by atoms with Crippen LogP contribution in [-0.2, 0) is 0 Å². The normalized spacial score (nSPS) is 27.1. The molecule has 0 unspecified atom stereocenters. The predicted molar refractivity (Wildman–Crippen MR) is 60.9 cm³/mol. The van der Waals surface area contributed by atoms with Crippen molar-refractivity contribution in [2.24, 2.45) is 0 Å². The molecule has 0 amide bonds. The quantitative estimate of drug-likeness (QED) is 0.829. The van der Waals surface area contributed by atoms with E-state index in [9.17, 15) is 0 Å². The fourth-order valence-electron chi connectivity index (χ4n) is 2.18. The molecule has 0 saturated heterocycles. The van der Waals surface area contributed by atoms with E-state index in [-0.39, 0.29) is 0 Å². The zero-order valence-corrected chi connectivity index (χ0v) is 9.55. The summed E-state index contributed by atoms with van der Waals surface area (Å²) < 4.78 is 0. The summed E-state index contributed by atoms with van der Waals surface area (Å²) in [5.74, 6) is 0. The second-order valence-corrected chi connectivity index (χ2v) is 4.94. The molecule has 78 valence electrons.